The summed E-state index contributed by atoms with van der Waals surface area (Å²) in [6.45, 7) is 19.2. The van der Waals surface area contributed by atoms with E-state index in [4.69, 9.17) is 32.0 Å². The molecular formula is C43H66ClN2O10RhSSi3. The Hall–Kier alpha value is -1.88. The molecule has 0 fully saturated rings. The van der Waals surface area contributed by atoms with E-state index in [1.165, 1.54) is 47.1 Å². The molecule has 0 saturated heterocycles. The molecule has 0 saturated carbocycles. The summed E-state index contributed by atoms with van der Waals surface area (Å²) in [5, 5.41) is 0. The summed E-state index contributed by atoms with van der Waals surface area (Å²) < 4.78 is 66.5. The second kappa shape index (κ2) is 26.8. The van der Waals surface area contributed by atoms with E-state index in [-0.39, 0.29) is 49.5 Å². The first-order valence-electron chi connectivity index (χ1n) is 20.4. The molecule has 0 aliphatic rings. The van der Waals surface area contributed by atoms with E-state index in [1.54, 1.807) is 39.8 Å². The van der Waals surface area contributed by atoms with Gasteiger partial charge in [0.05, 0.1) is 0 Å². The number of hydrogen-bond donors (Lipinski definition) is 3. The van der Waals surface area contributed by atoms with E-state index in [0.717, 1.165) is 11.1 Å². The van der Waals surface area contributed by atoms with Crippen molar-refractivity contribution in [1.82, 2.24) is 0 Å². The molecule has 1 unspecified atom stereocenters. The third-order valence-electron chi connectivity index (χ3n) is 10.5. The van der Waals surface area contributed by atoms with E-state index < -0.39 is 48.5 Å². The van der Waals surface area contributed by atoms with Gasteiger partial charge in [-0.25, -0.2) is 8.42 Å². The molecule has 0 bridgehead atoms. The van der Waals surface area contributed by atoms with Crippen LogP contribution in [0.1, 0.15) is 84.3 Å². The zero-order chi connectivity index (χ0) is 45.9. The quantitative estimate of drug-likeness (QED) is 0.0479. The zero-order valence-electron chi connectivity index (χ0n) is 37.2. The predicted octanol–water partition coefficient (Wildman–Crippen LogP) is 8.98. The van der Waals surface area contributed by atoms with Crippen LogP contribution in [0.15, 0.2) is 89.8 Å². The first-order chi connectivity index (χ1) is 28.9. The van der Waals surface area contributed by atoms with Gasteiger partial charge < -0.3 is 46.3 Å². The summed E-state index contributed by atoms with van der Waals surface area (Å²) in [7, 11) is -9.19. The molecule has 3 atom stereocenters. The van der Waals surface area contributed by atoms with Gasteiger partial charge in [-0.1, -0.05) is 119 Å². The first-order valence-corrected chi connectivity index (χ1v) is 29.8. The number of sulfonamides is 1. The average molecular weight is 1030 g/mol. The number of benzene rings is 3. The van der Waals surface area contributed by atoms with E-state index in [2.05, 4.69) is 49.0 Å². The van der Waals surface area contributed by atoms with Crippen molar-refractivity contribution in [2.45, 2.75) is 104 Å². The molecular weight excluding hydrogens is 959 g/mol. The number of rotatable bonds is 23. The Morgan fingerprint density at radius 1 is 0.705 bits per heavy atom. The fourth-order valence-electron chi connectivity index (χ4n) is 6.71. The Kier molecular flexibility index (Phi) is 24.3. The molecule has 0 aliphatic heterocycles. The monoisotopic (exact) mass is 1020 g/mol. The number of hydrogen-bond acceptors (Lipinski definition) is 11. The van der Waals surface area contributed by atoms with Crippen molar-refractivity contribution in [1.29, 1.82) is 0 Å². The van der Waals surface area contributed by atoms with Gasteiger partial charge >= 0.3 is 53.4 Å². The fraction of sp³-hybridized carbons (Fsp3) is 0.465. The molecule has 0 spiro atoms. The molecule has 61 heavy (non-hydrogen) atoms. The van der Waals surface area contributed by atoms with Crippen molar-refractivity contribution in [2.75, 3.05) is 33.5 Å². The SMILES string of the molecule is CCO[Si](O)(CC[Si](OCC)(OCC)O[Si](O)(CCc1ccc(S(=O)(=O)[N-][C@@H](c2ccccc2)[C@@H](N)c2ccccc2)cc1)OC)OCC.Cc1c(C)c(C)[c-](C)c1C.[Cl][Rh+2]. The molecule has 0 amide bonds. The van der Waals surface area contributed by atoms with Crippen molar-refractivity contribution in [3.05, 3.63) is 134 Å². The minimum atomic E-state index is -4.10. The van der Waals surface area contributed by atoms with Crippen LogP contribution in [0.3, 0.4) is 0 Å². The predicted molar refractivity (Wildman–Crippen MR) is 246 cm³/mol. The van der Waals surface area contributed by atoms with Crippen LogP contribution < -0.4 is 5.73 Å². The Labute approximate surface area is 382 Å². The molecule has 12 nitrogen and oxygen atoms in total. The molecule has 4 aromatic rings. The summed E-state index contributed by atoms with van der Waals surface area (Å²) in [6, 6.07) is 23.6. The van der Waals surface area contributed by atoms with E-state index >= 15 is 0 Å². The molecule has 0 heterocycles. The topological polar surface area (TPSA) is 170 Å². The van der Waals surface area contributed by atoms with Gasteiger partial charge in [0.15, 0.2) is 0 Å². The van der Waals surface area contributed by atoms with Crippen LogP contribution in [-0.2, 0) is 60.0 Å². The molecule has 4 rings (SSSR count). The summed E-state index contributed by atoms with van der Waals surface area (Å²) in [4.78, 5) is 22.6. The number of halogens is 1. The van der Waals surface area contributed by atoms with E-state index in [9.17, 15) is 18.0 Å². The maximum absolute atomic E-state index is 13.6. The van der Waals surface area contributed by atoms with Gasteiger partial charge in [-0.2, -0.15) is 27.8 Å². The van der Waals surface area contributed by atoms with Crippen molar-refractivity contribution in [2.24, 2.45) is 5.73 Å². The second-order valence-electron chi connectivity index (χ2n) is 14.3. The van der Waals surface area contributed by atoms with Gasteiger partial charge in [0, 0.05) is 62.6 Å². The molecule has 342 valence electrons. The van der Waals surface area contributed by atoms with Crippen LogP contribution in [0.2, 0.25) is 18.1 Å². The van der Waals surface area contributed by atoms with E-state index in [0.29, 0.717) is 12.0 Å². The molecule has 18 heteroatoms. The van der Waals surface area contributed by atoms with Gasteiger partial charge in [0.1, 0.15) is 10.0 Å². The number of nitrogens with zero attached hydrogens (tertiary/aromatic N) is 1. The van der Waals surface area contributed by atoms with Crippen LogP contribution >= 0.6 is 9.69 Å². The normalized spacial score (nSPS) is 14.0. The van der Waals surface area contributed by atoms with Gasteiger partial charge in [-0.05, 0) is 57.4 Å². The molecule has 0 aromatic heterocycles. The number of nitrogens with two attached hydrogens (primary N) is 1. The van der Waals surface area contributed by atoms with Crippen LogP contribution in [0.25, 0.3) is 4.72 Å². The average Bonchev–Trinajstić information content (AvgIpc) is 3.43. The van der Waals surface area contributed by atoms with Crippen molar-refractivity contribution < 1.29 is 61.6 Å². The van der Waals surface area contributed by atoms with Gasteiger partial charge in [-0.3, -0.25) is 0 Å². The van der Waals surface area contributed by atoms with Crippen LogP contribution in [0, 0.1) is 34.6 Å². The molecule has 0 radical (unpaired) electrons. The van der Waals surface area contributed by atoms with Crippen LogP contribution in [0.5, 0.6) is 0 Å². The van der Waals surface area contributed by atoms with Crippen molar-refractivity contribution in [3.8, 4) is 0 Å². The Bertz CT molecular complexity index is 1880. The van der Waals surface area contributed by atoms with Crippen molar-refractivity contribution >= 4 is 46.1 Å². The minimum absolute atomic E-state index is 0.0207. The second-order valence-corrected chi connectivity index (χ2v) is 24.0. The zero-order valence-corrected chi connectivity index (χ0v) is 43.4. The standard InChI is InChI=1S/C33H51N2O10SSi3.C10H15.ClH.Rh/c1-6-41-48(39,42-7-2)26-27-49(43-8-3,44-9-4)45-47(38,40-5)25-24-28-20-22-31(23-21-28)46(36,37)35-33(30-18-14-11-15-19-30)32(34)29-16-12-10-13-17-29;1-6-7(2)9(4)10(5)8(6)3;;/h10-23,32-33,38-39H,6-9,24-27,34H2,1-5H3;1-5H3;1H;/q2*-1;;+3/p-1/t32-,33-,47?;;;/m0.../s1. The third-order valence-corrected chi connectivity index (χ3v) is 21.1. The van der Waals surface area contributed by atoms with E-state index in [1.807, 2.05) is 78.0 Å². The van der Waals surface area contributed by atoms with Gasteiger partial charge in [-0.15, -0.1) is 0 Å². The Balaban J connectivity index is 0.000000922. The molecule has 0 aliphatic carbocycles. The molecule has 4 N–H and O–H groups in total. The van der Waals surface area contributed by atoms with Crippen molar-refractivity contribution in [3.63, 3.8) is 0 Å². The van der Waals surface area contributed by atoms with Crippen LogP contribution in [0.4, 0.5) is 0 Å². The summed E-state index contributed by atoms with van der Waals surface area (Å²) in [5.41, 5.74) is 16.1. The Morgan fingerprint density at radius 2 is 1.16 bits per heavy atom. The summed E-state index contributed by atoms with van der Waals surface area (Å²) in [6.07, 6.45) is 0.318. The van der Waals surface area contributed by atoms with Gasteiger partial charge in [0.2, 0.25) is 0 Å². The molecule has 4 aromatic carbocycles. The van der Waals surface area contributed by atoms with Crippen LogP contribution in [-0.4, -0.2) is 78.0 Å². The summed E-state index contributed by atoms with van der Waals surface area (Å²) in [5.74, 6) is 0. The Morgan fingerprint density at radius 3 is 1.57 bits per heavy atom. The first kappa shape index (κ1) is 55.3. The number of aryl methyl sites for hydroxylation is 1. The maximum atomic E-state index is 13.6. The van der Waals surface area contributed by atoms with Gasteiger partial charge in [0.25, 0.3) is 0 Å². The third kappa shape index (κ3) is 16.6. The fourth-order valence-corrected chi connectivity index (χ4v) is 17.3. The summed E-state index contributed by atoms with van der Waals surface area (Å²) >= 11 is 2.02.